The van der Waals surface area contributed by atoms with E-state index in [0.717, 1.165) is 29.5 Å². The van der Waals surface area contributed by atoms with Crippen molar-refractivity contribution in [2.24, 2.45) is 0 Å². The Balaban J connectivity index is 1.56. The molecular formula is C23H28FN5OS2. The van der Waals surface area contributed by atoms with Gasteiger partial charge in [0.2, 0.25) is 5.91 Å². The van der Waals surface area contributed by atoms with Gasteiger partial charge in [-0.2, -0.15) is 0 Å². The van der Waals surface area contributed by atoms with Crippen LogP contribution in [0.25, 0.3) is 5.69 Å². The lowest BCUT2D eigenvalue weighted by molar-refractivity contribution is -0.120. The molecule has 1 aliphatic rings. The van der Waals surface area contributed by atoms with E-state index < -0.39 is 0 Å². The van der Waals surface area contributed by atoms with Crippen molar-refractivity contribution in [2.45, 2.75) is 56.1 Å². The summed E-state index contributed by atoms with van der Waals surface area (Å²) in [6.45, 7) is 6.58. The maximum Gasteiger partial charge on any atom is 0.233 e. The first-order valence-electron chi connectivity index (χ1n) is 10.9. The number of benzene rings is 1. The van der Waals surface area contributed by atoms with Crippen molar-refractivity contribution in [3.63, 3.8) is 0 Å². The number of carbonyl (C=O) groups excluding carboxylic acids is 1. The number of carbonyl (C=O) groups is 1. The minimum Gasteiger partial charge on any atom is -0.350 e. The first-order valence-corrected chi connectivity index (χ1v) is 12.7. The zero-order valence-electron chi connectivity index (χ0n) is 18.3. The van der Waals surface area contributed by atoms with Crippen LogP contribution in [0.1, 0.15) is 49.9 Å². The molecule has 1 N–H and O–H groups in total. The summed E-state index contributed by atoms with van der Waals surface area (Å²) in [7, 11) is 0. The van der Waals surface area contributed by atoms with Crippen molar-refractivity contribution in [2.75, 3.05) is 13.1 Å². The highest BCUT2D eigenvalue weighted by Gasteiger charge is 2.27. The highest BCUT2D eigenvalue weighted by Crippen LogP contribution is 2.31. The summed E-state index contributed by atoms with van der Waals surface area (Å²) in [5, 5.41) is 14.2. The van der Waals surface area contributed by atoms with Crippen LogP contribution in [-0.4, -0.2) is 43.9 Å². The van der Waals surface area contributed by atoms with Crippen molar-refractivity contribution in [1.82, 2.24) is 25.0 Å². The first-order chi connectivity index (χ1) is 15.5. The molecule has 0 aliphatic carbocycles. The summed E-state index contributed by atoms with van der Waals surface area (Å²) in [5.41, 5.74) is 0.795. The van der Waals surface area contributed by atoms with E-state index >= 15 is 0 Å². The maximum absolute atomic E-state index is 13.6. The molecule has 2 unspecified atom stereocenters. The van der Waals surface area contributed by atoms with E-state index in [0.29, 0.717) is 11.7 Å². The standard InChI is InChI=1S/C23H28FN5OS2/c1-16(28-12-4-3-5-13-28)21-26-27-23(29(21)19-10-8-18(24)9-11-19)32-17(2)22(30)25-15-20-7-6-14-31-20/h6-11,14,16-17H,3-5,12-13,15H2,1-2H3,(H,25,30). The third-order valence-corrected chi connectivity index (χ3v) is 7.64. The minimum atomic E-state index is -0.350. The molecule has 2 atom stereocenters. The Hall–Kier alpha value is -2.23. The van der Waals surface area contributed by atoms with Gasteiger partial charge in [-0.1, -0.05) is 24.2 Å². The number of thiophene rings is 1. The molecule has 3 aromatic rings. The van der Waals surface area contributed by atoms with Crippen molar-refractivity contribution < 1.29 is 9.18 Å². The molecule has 1 aromatic carbocycles. The average molecular weight is 474 g/mol. The molecule has 6 nitrogen and oxygen atoms in total. The Kier molecular flexibility index (Phi) is 7.59. The van der Waals surface area contributed by atoms with Crippen LogP contribution in [0, 0.1) is 5.82 Å². The minimum absolute atomic E-state index is 0.0531. The Morgan fingerprint density at radius 2 is 1.91 bits per heavy atom. The number of nitrogens with zero attached hydrogens (tertiary/aromatic N) is 4. The van der Waals surface area contributed by atoms with E-state index in [1.165, 1.54) is 43.2 Å². The molecule has 1 amide bonds. The number of hydrogen-bond donors (Lipinski definition) is 1. The number of nitrogens with one attached hydrogen (secondary N) is 1. The second kappa shape index (κ2) is 10.6. The van der Waals surface area contributed by atoms with E-state index in [-0.39, 0.29) is 23.0 Å². The lowest BCUT2D eigenvalue weighted by atomic mass is 10.1. The summed E-state index contributed by atoms with van der Waals surface area (Å²) in [5.74, 6) is 0.470. The van der Waals surface area contributed by atoms with Gasteiger partial charge in [0.05, 0.1) is 17.8 Å². The fourth-order valence-corrected chi connectivity index (χ4v) is 5.42. The van der Waals surface area contributed by atoms with Gasteiger partial charge in [0.25, 0.3) is 0 Å². The number of aromatic nitrogens is 3. The zero-order valence-corrected chi connectivity index (χ0v) is 20.0. The number of piperidine rings is 1. The lowest BCUT2D eigenvalue weighted by Gasteiger charge is -2.32. The summed E-state index contributed by atoms with van der Waals surface area (Å²) in [6, 6.07) is 10.4. The SMILES string of the molecule is CC(Sc1nnc(C(C)N2CCCCC2)n1-c1ccc(F)cc1)C(=O)NCc1cccs1. The van der Waals surface area contributed by atoms with Crippen LogP contribution in [-0.2, 0) is 11.3 Å². The van der Waals surface area contributed by atoms with Gasteiger partial charge in [-0.25, -0.2) is 4.39 Å². The Labute approximate surface area is 196 Å². The highest BCUT2D eigenvalue weighted by molar-refractivity contribution is 8.00. The van der Waals surface area contributed by atoms with Gasteiger partial charge in [0.15, 0.2) is 11.0 Å². The molecule has 1 saturated heterocycles. The van der Waals surface area contributed by atoms with Crippen LogP contribution < -0.4 is 5.32 Å². The molecule has 4 rings (SSSR count). The number of amides is 1. The maximum atomic E-state index is 13.6. The van der Waals surface area contributed by atoms with Crippen LogP contribution >= 0.6 is 23.1 Å². The molecule has 0 bridgehead atoms. The third kappa shape index (κ3) is 5.39. The Bertz CT molecular complexity index is 1020. The zero-order chi connectivity index (χ0) is 22.5. The van der Waals surface area contributed by atoms with Crippen LogP contribution in [0.15, 0.2) is 46.9 Å². The second-order valence-corrected chi connectivity index (χ2v) is 10.3. The normalized spacial score (nSPS) is 16.6. The van der Waals surface area contributed by atoms with E-state index in [2.05, 4.69) is 27.3 Å². The van der Waals surface area contributed by atoms with E-state index in [1.54, 1.807) is 23.5 Å². The fourth-order valence-electron chi connectivity index (χ4n) is 3.87. The van der Waals surface area contributed by atoms with Crippen LogP contribution in [0.2, 0.25) is 0 Å². The predicted molar refractivity (Wildman–Crippen MR) is 127 cm³/mol. The molecule has 3 heterocycles. The van der Waals surface area contributed by atoms with Crippen molar-refractivity contribution in [1.29, 1.82) is 0 Å². The predicted octanol–water partition coefficient (Wildman–Crippen LogP) is 4.81. The molecule has 9 heteroatoms. The molecule has 32 heavy (non-hydrogen) atoms. The summed E-state index contributed by atoms with van der Waals surface area (Å²) in [4.78, 5) is 16.2. The monoisotopic (exact) mass is 473 g/mol. The number of rotatable bonds is 8. The number of hydrogen-bond acceptors (Lipinski definition) is 6. The van der Waals surface area contributed by atoms with Gasteiger partial charge in [-0.05, 0) is 75.5 Å². The number of likely N-dealkylation sites (tertiary alicyclic amines) is 1. The number of halogens is 1. The van der Waals surface area contributed by atoms with Gasteiger partial charge in [0, 0.05) is 10.6 Å². The van der Waals surface area contributed by atoms with E-state index in [4.69, 9.17) is 0 Å². The lowest BCUT2D eigenvalue weighted by Crippen LogP contribution is -2.33. The Morgan fingerprint density at radius 1 is 1.16 bits per heavy atom. The molecular weight excluding hydrogens is 445 g/mol. The number of thioether (sulfide) groups is 1. The average Bonchev–Trinajstić information content (AvgIpc) is 3.48. The first kappa shape index (κ1) is 22.9. The molecule has 2 aromatic heterocycles. The van der Waals surface area contributed by atoms with Gasteiger partial charge in [0.1, 0.15) is 5.82 Å². The summed E-state index contributed by atoms with van der Waals surface area (Å²) < 4.78 is 15.6. The Morgan fingerprint density at radius 3 is 2.59 bits per heavy atom. The van der Waals surface area contributed by atoms with E-state index in [9.17, 15) is 9.18 Å². The molecule has 0 saturated carbocycles. The van der Waals surface area contributed by atoms with Gasteiger partial charge in [-0.15, -0.1) is 21.5 Å². The van der Waals surface area contributed by atoms with Crippen LogP contribution in [0.3, 0.4) is 0 Å². The van der Waals surface area contributed by atoms with Crippen molar-refractivity contribution in [3.8, 4) is 5.69 Å². The smallest absolute Gasteiger partial charge is 0.233 e. The van der Waals surface area contributed by atoms with Crippen LogP contribution in [0.5, 0.6) is 0 Å². The van der Waals surface area contributed by atoms with Gasteiger partial charge in [-0.3, -0.25) is 14.3 Å². The van der Waals surface area contributed by atoms with Crippen LogP contribution in [0.4, 0.5) is 4.39 Å². The highest BCUT2D eigenvalue weighted by atomic mass is 32.2. The topological polar surface area (TPSA) is 63.1 Å². The van der Waals surface area contributed by atoms with Gasteiger partial charge >= 0.3 is 0 Å². The van der Waals surface area contributed by atoms with Crippen molar-refractivity contribution in [3.05, 3.63) is 58.3 Å². The quantitative estimate of drug-likeness (QED) is 0.476. The largest absolute Gasteiger partial charge is 0.350 e. The second-order valence-electron chi connectivity index (χ2n) is 7.98. The molecule has 1 aliphatic heterocycles. The third-order valence-electron chi connectivity index (χ3n) is 5.72. The molecule has 1 fully saturated rings. The summed E-state index contributed by atoms with van der Waals surface area (Å²) in [6.07, 6.45) is 3.61. The molecule has 170 valence electrons. The van der Waals surface area contributed by atoms with Crippen molar-refractivity contribution >= 4 is 29.0 Å². The molecule has 0 radical (unpaired) electrons. The summed E-state index contributed by atoms with van der Waals surface area (Å²) >= 11 is 2.99. The fraction of sp³-hybridized carbons (Fsp3) is 0.435. The van der Waals surface area contributed by atoms with Gasteiger partial charge < -0.3 is 5.32 Å². The molecule has 0 spiro atoms. The van der Waals surface area contributed by atoms with E-state index in [1.807, 2.05) is 29.0 Å².